The van der Waals surface area contributed by atoms with Crippen molar-refractivity contribution in [1.29, 1.82) is 0 Å². The van der Waals surface area contributed by atoms with Gasteiger partial charge in [0.15, 0.2) is 0 Å². The highest BCUT2D eigenvalue weighted by atomic mass is 35.5. The highest BCUT2D eigenvalue weighted by Gasteiger charge is 2.26. The fourth-order valence-electron chi connectivity index (χ4n) is 1.85. The first kappa shape index (κ1) is 14.0. The van der Waals surface area contributed by atoms with Crippen molar-refractivity contribution < 1.29 is 9.09 Å². The van der Waals surface area contributed by atoms with E-state index in [2.05, 4.69) is 0 Å². The van der Waals surface area contributed by atoms with Crippen molar-refractivity contribution in [3.63, 3.8) is 0 Å². The lowest BCUT2D eigenvalue weighted by Gasteiger charge is -2.19. The van der Waals surface area contributed by atoms with Crippen LogP contribution in [-0.4, -0.2) is 28.9 Å². The molecule has 2 rings (SSSR count). The predicted octanol–water partition coefficient (Wildman–Crippen LogP) is 4.18. The van der Waals surface area contributed by atoms with Gasteiger partial charge in [-0.1, -0.05) is 18.2 Å². The van der Waals surface area contributed by atoms with E-state index in [9.17, 15) is 4.57 Å². The standard InChI is InChI=1S/C12H14Cl2NO2P/c13-6-9-17-18(16,10-7-14)15-8-5-11-3-1-2-4-12(11)15/h1-5,8H,6-7,9-10H2. The molecule has 3 nitrogen and oxygen atoms in total. The van der Waals surface area contributed by atoms with Crippen LogP contribution in [0.4, 0.5) is 0 Å². The van der Waals surface area contributed by atoms with Gasteiger partial charge in [0.25, 0.3) is 0 Å². The summed E-state index contributed by atoms with van der Waals surface area (Å²) in [4.78, 5) is 0. The van der Waals surface area contributed by atoms with E-state index in [0.29, 0.717) is 12.0 Å². The molecule has 6 heteroatoms. The van der Waals surface area contributed by atoms with E-state index in [4.69, 9.17) is 27.7 Å². The number of fused-ring (bicyclic) bond motifs is 1. The van der Waals surface area contributed by atoms with Crippen molar-refractivity contribution in [1.82, 2.24) is 4.34 Å². The van der Waals surface area contributed by atoms with E-state index in [1.165, 1.54) is 0 Å². The van der Waals surface area contributed by atoms with Crippen molar-refractivity contribution in [3.8, 4) is 0 Å². The molecule has 0 fully saturated rings. The minimum Gasteiger partial charge on any atom is -0.312 e. The van der Waals surface area contributed by atoms with Gasteiger partial charge in [-0.05, 0) is 12.1 Å². The van der Waals surface area contributed by atoms with Gasteiger partial charge in [-0.25, -0.2) is 0 Å². The zero-order valence-corrected chi connectivity index (χ0v) is 12.2. The second-order valence-corrected chi connectivity index (χ2v) is 6.96. The quantitative estimate of drug-likeness (QED) is 0.592. The smallest absolute Gasteiger partial charge is 0.301 e. The number of para-hydroxylation sites is 1. The average molecular weight is 306 g/mol. The topological polar surface area (TPSA) is 31.2 Å². The molecule has 1 aromatic heterocycles. The molecular formula is C12H14Cl2NO2P. The van der Waals surface area contributed by atoms with Crippen LogP contribution >= 0.6 is 30.7 Å². The maximum absolute atomic E-state index is 12.8. The third-order valence-electron chi connectivity index (χ3n) is 2.64. The monoisotopic (exact) mass is 305 g/mol. The third kappa shape index (κ3) is 2.75. The van der Waals surface area contributed by atoms with Gasteiger partial charge in [-0.15, -0.1) is 23.2 Å². The van der Waals surface area contributed by atoms with E-state index in [1.807, 2.05) is 30.3 Å². The Bertz CT molecular complexity index is 570. The number of aromatic nitrogens is 1. The van der Waals surface area contributed by atoms with Crippen LogP contribution in [-0.2, 0) is 9.09 Å². The highest BCUT2D eigenvalue weighted by molar-refractivity contribution is 7.57. The largest absolute Gasteiger partial charge is 0.312 e. The molecule has 0 saturated heterocycles. The number of hydrogen-bond acceptors (Lipinski definition) is 2. The molecule has 0 amide bonds. The molecule has 1 atom stereocenters. The first-order valence-electron chi connectivity index (χ1n) is 5.64. The summed E-state index contributed by atoms with van der Waals surface area (Å²) in [5.41, 5.74) is 0.889. The van der Waals surface area contributed by atoms with Crippen LogP contribution in [0.2, 0.25) is 0 Å². The molecule has 0 aliphatic heterocycles. The first-order valence-corrected chi connectivity index (χ1v) is 8.47. The average Bonchev–Trinajstić information content (AvgIpc) is 2.81. The molecule has 0 N–H and O–H groups in total. The Kier molecular flexibility index (Phi) is 4.74. The number of rotatable bonds is 6. The third-order valence-corrected chi connectivity index (χ3v) is 5.63. The highest BCUT2D eigenvalue weighted by Crippen LogP contribution is 2.50. The van der Waals surface area contributed by atoms with Gasteiger partial charge in [0, 0.05) is 23.3 Å². The second kappa shape index (κ2) is 6.12. The molecule has 1 unspecified atom stereocenters. The van der Waals surface area contributed by atoms with Gasteiger partial charge < -0.3 is 4.52 Å². The number of halogens is 2. The lowest BCUT2D eigenvalue weighted by molar-refractivity contribution is 0.330. The van der Waals surface area contributed by atoms with Crippen molar-refractivity contribution >= 4 is 41.6 Å². The Labute approximate surface area is 116 Å². The Balaban J connectivity index is 2.44. The molecule has 0 aliphatic carbocycles. The summed E-state index contributed by atoms with van der Waals surface area (Å²) < 4.78 is 20.0. The predicted molar refractivity (Wildman–Crippen MR) is 77.2 cm³/mol. The summed E-state index contributed by atoms with van der Waals surface area (Å²) >= 11 is 11.3. The zero-order valence-electron chi connectivity index (χ0n) is 9.76. The fourth-order valence-corrected chi connectivity index (χ4v) is 4.52. The number of hydrogen-bond donors (Lipinski definition) is 0. The minimum atomic E-state index is -2.99. The maximum atomic E-state index is 12.8. The summed E-state index contributed by atoms with van der Waals surface area (Å²) in [5, 5.41) is 1.03. The van der Waals surface area contributed by atoms with Crippen molar-refractivity contribution in [2.24, 2.45) is 0 Å². The summed E-state index contributed by atoms with van der Waals surface area (Å²) in [6.45, 7) is 0.252. The SMILES string of the molecule is O=P(CCCl)(OCCCl)n1ccc2ccccc21. The van der Waals surface area contributed by atoms with E-state index >= 15 is 0 Å². The summed E-state index contributed by atoms with van der Waals surface area (Å²) in [7, 11) is -2.99. The number of alkyl halides is 2. The van der Waals surface area contributed by atoms with Gasteiger partial charge in [-0.2, -0.15) is 0 Å². The van der Waals surface area contributed by atoms with Gasteiger partial charge in [0.05, 0.1) is 18.3 Å². The van der Waals surface area contributed by atoms with Crippen molar-refractivity contribution in [3.05, 3.63) is 36.5 Å². The Morgan fingerprint density at radius 2 is 1.94 bits per heavy atom. The molecule has 0 spiro atoms. The molecule has 98 valence electrons. The minimum absolute atomic E-state index is 0.252. The van der Waals surface area contributed by atoms with Crippen LogP contribution in [0, 0.1) is 0 Å². The van der Waals surface area contributed by atoms with Crippen LogP contribution < -0.4 is 0 Å². The summed E-state index contributed by atoms with van der Waals surface area (Å²) in [5.74, 6) is 0.595. The second-order valence-electron chi connectivity index (χ2n) is 3.79. The first-order chi connectivity index (χ1) is 8.71. The Morgan fingerprint density at radius 1 is 1.17 bits per heavy atom. The molecule has 0 aliphatic rings. The molecule has 1 aromatic carbocycles. The normalized spacial score (nSPS) is 14.8. The maximum Gasteiger partial charge on any atom is 0.301 e. The molecule has 0 bridgehead atoms. The lowest BCUT2D eigenvalue weighted by atomic mass is 10.3. The number of benzene rings is 1. The van der Waals surface area contributed by atoms with Crippen LogP contribution in [0.3, 0.4) is 0 Å². The van der Waals surface area contributed by atoms with Crippen LogP contribution in [0.25, 0.3) is 10.9 Å². The zero-order chi connectivity index (χ0) is 13.0. The summed E-state index contributed by atoms with van der Waals surface area (Å²) in [6, 6.07) is 9.66. The Morgan fingerprint density at radius 3 is 2.67 bits per heavy atom. The molecule has 0 saturated carbocycles. The van der Waals surface area contributed by atoms with E-state index < -0.39 is 7.52 Å². The van der Waals surface area contributed by atoms with Crippen molar-refractivity contribution in [2.75, 3.05) is 24.5 Å². The van der Waals surface area contributed by atoms with Crippen LogP contribution in [0.15, 0.2) is 36.5 Å². The summed E-state index contributed by atoms with van der Waals surface area (Å²) in [6.07, 6.45) is 2.08. The number of nitrogens with zero attached hydrogens (tertiary/aromatic N) is 1. The van der Waals surface area contributed by atoms with Crippen molar-refractivity contribution in [2.45, 2.75) is 0 Å². The van der Waals surface area contributed by atoms with Crippen LogP contribution in [0.1, 0.15) is 0 Å². The van der Waals surface area contributed by atoms with E-state index in [1.54, 1.807) is 10.5 Å². The lowest BCUT2D eigenvalue weighted by Crippen LogP contribution is -2.06. The van der Waals surface area contributed by atoms with E-state index in [-0.39, 0.29) is 12.5 Å². The van der Waals surface area contributed by atoms with Gasteiger partial charge in [-0.3, -0.25) is 8.90 Å². The van der Waals surface area contributed by atoms with E-state index in [0.717, 1.165) is 10.9 Å². The molecule has 18 heavy (non-hydrogen) atoms. The fraction of sp³-hybridized carbons (Fsp3) is 0.333. The van der Waals surface area contributed by atoms with Gasteiger partial charge in [0.2, 0.25) is 0 Å². The molecule has 0 radical (unpaired) electrons. The molecular weight excluding hydrogens is 292 g/mol. The van der Waals surface area contributed by atoms with Gasteiger partial charge >= 0.3 is 7.52 Å². The van der Waals surface area contributed by atoms with Crippen LogP contribution in [0.5, 0.6) is 0 Å². The molecule has 1 heterocycles. The van der Waals surface area contributed by atoms with Gasteiger partial charge in [0.1, 0.15) is 0 Å². The Hall–Kier alpha value is -0.470. The molecule has 2 aromatic rings.